The van der Waals surface area contributed by atoms with Gasteiger partial charge in [-0.05, 0) is 195 Å². The summed E-state index contributed by atoms with van der Waals surface area (Å²) in [5.74, 6) is 0. The molecule has 13 aromatic carbocycles. The van der Waals surface area contributed by atoms with E-state index in [-0.39, 0.29) is 10.8 Å². The van der Waals surface area contributed by atoms with Gasteiger partial charge in [0.05, 0.1) is 0 Å². The van der Waals surface area contributed by atoms with Crippen LogP contribution in [-0.4, -0.2) is 0 Å². The molecule has 78 heavy (non-hydrogen) atoms. The summed E-state index contributed by atoms with van der Waals surface area (Å²) in [5, 5.41) is 9.68. The molecular weight excluding hydrogens is 941 g/mol. The Morgan fingerprint density at radius 1 is 0.231 bits per heavy atom. The van der Waals surface area contributed by atoms with Crippen LogP contribution < -0.4 is 9.80 Å². The van der Waals surface area contributed by atoms with Gasteiger partial charge in [0, 0.05) is 45.0 Å². The predicted molar refractivity (Wildman–Crippen MR) is 332 cm³/mol. The summed E-state index contributed by atoms with van der Waals surface area (Å²) in [5.41, 5.74) is 21.9. The van der Waals surface area contributed by atoms with E-state index in [1.165, 1.54) is 110 Å². The van der Waals surface area contributed by atoms with Crippen molar-refractivity contribution in [1.29, 1.82) is 0 Å². The minimum atomic E-state index is -0.184. The fraction of sp³-hybridized carbons (Fsp3) is 0.0789. The van der Waals surface area contributed by atoms with Crippen LogP contribution in [0.5, 0.6) is 0 Å². The average Bonchev–Trinajstić information content (AvgIpc) is 3.85. The van der Waals surface area contributed by atoms with Crippen LogP contribution in [0, 0.1) is 0 Å². The first kappa shape index (κ1) is 45.9. The molecule has 0 amide bonds. The van der Waals surface area contributed by atoms with Crippen LogP contribution in [0.25, 0.3) is 87.6 Å². The Bertz CT molecular complexity index is 4270. The number of nitrogens with zero attached hydrogens (tertiary/aromatic N) is 2. The minimum absolute atomic E-state index is 0.184. The van der Waals surface area contributed by atoms with Crippen LogP contribution >= 0.6 is 0 Å². The van der Waals surface area contributed by atoms with Crippen LogP contribution in [0.1, 0.15) is 49.9 Å². The second-order valence-electron chi connectivity index (χ2n) is 22.5. The molecule has 0 N–H and O–H groups in total. The number of anilines is 6. The van der Waals surface area contributed by atoms with Gasteiger partial charge < -0.3 is 9.80 Å². The topological polar surface area (TPSA) is 6.48 Å². The third kappa shape index (κ3) is 7.10. The number of hydrogen-bond donors (Lipinski definition) is 0. The molecule has 0 heterocycles. The van der Waals surface area contributed by atoms with E-state index in [0.29, 0.717) is 0 Å². The molecule has 2 nitrogen and oxygen atoms in total. The highest BCUT2D eigenvalue weighted by molar-refractivity contribution is 6.23. The largest absolute Gasteiger partial charge is 0.310 e. The van der Waals surface area contributed by atoms with Crippen molar-refractivity contribution in [3.8, 4) is 44.5 Å². The average molecular weight is 997 g/mol. The molecule has 0 unspecified atom stereocenters. The molecule has 2 aliphatic carbocycles. The molecule has 0 fully saturated rings. The fourth-order valence-electron chi connectivity index (χ4n) is 13.5. The summed E-state index contributed by atoms with van der Waals surface area (Å²) in [6, 6.07) is 99.9. The van der Waals surface area contributed by atoms with Crippen LogP contribution in [0.3, 0.4) is 0 Å². The number of hydrogen-bond acceptors (Lipinski definition) is 2. The van der Waals surface area contributed by atoms with Crippen molar-refractivity contribution in [2.45, 2.75) is 38.5 Å². The minimum Gasteiger partial charge on any atom is -0.310 e. The zero-order chi connectivity index (χ0) is 52.3. The van der Waals surface area contributed by atoms with Crippen LogP contribution in [-0.2, 0) is 10.8 Å². The van der Waals surface area contributed by atoms with E-state index in [9.17, 15) is 0 Å². The van der Waals surface area contributed by atoms with Gasteiger partial charge in [-0.15, -0.1) is 0 Å². The van der Waals surface area contributed by atoms with Crippen molar-refractivity contribution in [3.63, 3.8) is 0 Å². The monoisotopic (exact) mass is 996 g/mol. The molecule has 2 aliphatic rings. The van der Waals surface area contributed by atoms with Gasteiger partial charge in [-0.2, -0.15) is 0 Å². The Labute approximate surface area is 456 Å². The van der Waals surface area contributed by atoms with Crippen molar-refractivity contribution in [2.24, 2.45) is 0 Å². The Balaban J connectivity index is 1.05. The number of benzene rings is 13. The third-order valence-corrected chi connectivity index (χ3v) is 17.4. The summed E-state index contributed by atoms with van der Waals surface area (Å²) in [6.45, 7) is 9.58. The summed E-state index contributed by atoms with van der Waals surface area (Å²) < 4.78 is 0. The fourth-order valence-corrected chi connectivity index (χ4v) is 13.5. The first-order valence-corrected chi connectivity index (χ1v) is 27.4. The van der Waals surface area contributed by atoms with Gasteiger partial charge in [0.2, 0.25) is 0 Å². The van der Waals surface area contributed by atoms with E-state index in [1.807, 2.05) is 0 Å². The maximum atomic E-state index is 2.52. The Morgan fingerprint density at radius 2 is 0.577 bits per heavy atom. The molecule has 0 aromatic heterocycles. The predicted octanol–water partition coefficient (Wildman–Crippen LogP) is 21.2. The molecule has 0 spiro atoms. The summed E-state index contributed by atoms with van der Waals surface area (Å²) in [6.07, 6.45) is 0. The zero-order valence-corrected chi connectivity index (χ0v) is 44.3. The van der Waals surface area contributed by atoms with E-state index in [0.717, 1.165) is 34.1 Å². The molecular formula is C76H56N2. The maximum absolute atomic E-state index is 2.52. The van der Waals surface area contributed by atoms with E-state index < -0.39 is 0 Å². The zero-order valence-electron chi connectivity index (χ0n) is 44.3. The first-order chi connectivity index (χ1) is 38.2. The molecule has 370 valence electrons. The summed E-state index contributed by atoms with van der Waals surface area (Å²) >= 11 is 0. The van der Waals surface area contributed by atoms with Crippen LogP contribution in [0.4, 0.5) is 34.1 Å². The van der Waals surface area contributed by atoms with Crippen molar-refractivity contribution < 1.29 is 0 Å². The summed E-state index contributed by atoms with van der Waals surface area (Å²) in [4.78, 5) is 4.86. The second-order valence-corrected chi connectivity index (χ2v) is 22.5. The van der Waals surface area contributed by atoms with Gasteiger partial charge >= 0.3 is 0 Å². The van der Waals surface area contributed by atoms with Crippen molar-refractivity contribution in [3.05, 3.63) is 289 Å². The molecule has 15 rings (SSSR count). The van der Waals surface area contributed by atoms with Crippen LogP contribution in [0.2, 0.25) is 0 Å². The number of rotatable bonds is 8. The lowest BCUT2D eigenvalue weighted by molar-refractivity contribution is 0.660. The van der Waals surface area contributed by atoms with Crippen molar-refractivity contribution >= 4 is 77.2 Å². The lowest BCUT2D eigenvalue weighted by Crippen LogP contribution is -2.15. The third-order valence-electron chi connectivity index (χ3n) is 17.4. The number of para-hydroxylation sites is 2. The summed E-state index contributed by atoms with van der Waals surface area (Å²) in [7, 11) is 0. The van der Waals surface area contributed by atoms with Crippen LogP contribution in [0.15, 0.2) is 267 Å². The Hall–Kier alpha value is -9.50. The van der Waals surface area contributed by atoms with E-state index in [4.69, 9.17) is 0 Å². The van der Waals surface area contributed by atoms with Gasteiger partial charge in [0.1, 0.15) is 0 Å². The van der Waals surface area contributed by atoms with Gasteiger partial charge in [-0.3, -0.25) is 0 Å². The molecule has 0 saturated carbocycles. The molecule has 0 bridgehead atoms. The quantitative estimate of drug-likeness (QED) is 0.140. The highest BCUT2D eigenvalue weighted by Crippen LogP contribution is 2.55. The van der Waals surface area contributed by atoms with Gasteiger partial charge in [0.15, 0.2) is 0 Å². The van der Waals surface area contributed by atoms with Crippen molar-refractivity contribution in [2.75, 3.05) is 9.80 Å². The first-order valence-electron chi connectivity index (χ1n) is 27.4. The lowest BCUT2D eigenvalue weighted by Gasteiger charge is -2.29. The van der Waals surface area contributed by atoms with E-state index in [1.54, 1.807) is 0 Å². The molecule has 2 heteroatoms. The highest BCUT2D eigenvalue weighted by Gasteiger charge is 2.37. The normalized spacial score (nSPS) is 13.6. The standard InChI is InChI=1S/C76H56N2/c1-75(2)69-29-17-15-27-61(69)63-39-33-53(45-71(63)75)73-65-41-37-60(78(56-25-9-6-10-26-56)58-36-32-50-20-12-14-22-52(50)44-58)48-68(65)74(54-34-40-64-62-28-16-18-30-70(62)76(3,4)72(64)46-54)66-42-38-59(47-67(66)73)77(55-23-7-5-8-24-55)57-35-31-49-19-11-13-21-51(49)43-57/h5-48H,1-4H3. The molecule has 13 aromatic rings. The molecule has 0 radical (unpaired) electrons. The number of fused-ring (bicyclic) bond motifs is 10. The second kappa shape index (κ2) is 17.5. The molecule has 0 atom stereocenters. The van der Waals surface area contributed by atoms with Gasteiger partial charge in [0.25, 0.3) is 0 Å². The molecule has 0 saturated heterocycles. The van der Waals surface area contributed by atoms with Gasteiger partial charge in [-0.25, -0.2) is 0 Å². The van der Waals surface area contributed by atoms with E-state index >= 15 is 0 Å². The van der Waals surface area contributed by atoms with Gasteiger partial charge in [-0.1, -0.05) is 210 Å². The van der Waals surface area contributed by atoms with E-state index in [2.05, 4.69) is 304 Å². The lowest BCUT2D eigenvalue weighted by atomic mass is 9.79. The smallest absolute Gasteiger partial charge is 0.0468 e. The molecule has 0 aliphatic heterocycles. The van der Waals surface area contributed by atoms with Crippen molar-refractivity contribution in [1.82, 2.24) is 0 Å². The highest BCUT2D eigenvalue weighted by atomic mass is 15.1. The SMILES string of the molecule is CC1(C)c2ccccc2-c2ccc(-c3c4ccc(N(c5ccccc5)c5ccc6ccccc6c5)cc4c(-c4ccc5c(c4)C(C)(C)c4ccccc4-5)c4ccc(N(c5ccccc5)c5ccc6ccccc6c5)cc34)cc21. The Morgan fingerprint density at radius 3 is 1.01 bits per heavy atom. The maximum Gasteiger partial charge on any atom is 0.0468 e. The Kier molecular flexibility index (Phi) is 10.3.